The molecule has 2 aliphatic heterocycles. The standard InChI is InChI=1S/C42H30N2O4/c45-39-33-22-32(25-10-2-1-3-11-25)34-30-18-19-31(35(34)38(33)42(48)43(39)28-16-14-23-8-4-6-12-26(23)20-28)37-36(30)40(46)44(41(37)47)29-17-15-24-9-5-7-13-27(24)21-29/h1-21,30-31,33,35-38H,22H2/t30-,31-,33-,35+,36-,37+,38-/m1/s1. The number of rotatable bonds is 3. The molecule has 48 heavy (non-hydrogen) atoms. The van der Waals surface area contributed by atoms with E-state index in [1.54, 1.807) is 0 Å². The van der Waals surface area contributed by atoms with Crippen molar-refractivity contribution < 1.29 is 19.2 Å². The molecule has 5 aromatic carbocycles. The highest BCUT2D eigenvalue weighted by Crippen LogP contribution is 2.63. The number of hydrogen-bond acceptors (Lipinski definition) is 4. The van der Waals surface area contributed by atoms with Crippen molar-refractivity contribution >= 4 is 62.1 Å². The first-order chi connectivity index (χ1) is 23.5. The van der Waals surface area contributed by atoms with E-state index in [9.17, 15) is 19.2 Å². The Labute approximate surface area is 277 Å². The second kappa shape index (κ2) is 9.94. The predicted octanol–water partition coefficient (Wildman–Crippen LogP) is 7.19. The SMILES string of the molecule is O=C1[C@H]2[C@@H]3C=C[C@H](C4=C(c5ccccc5)C[C@H]5C(=O)N(c6ccc7ccccc7c6)C(=O)[C@H]5[C@H]43)[C@H]2C(=O)N1c1ccc2ccccc2c1. The zero-order chi connectivity index (χ0) is 32.3. The van der Waals surface area contributed by atoms with Crippen LogP contribution >= 0.6 is 0 Å². The van der Waals surface area contributed by atoms with E-state index in [2.05, 4.69) is 24.3 Å². The Bertz CT molecular complexity index is 2320. The van der Waals surface area contributed by atoms with Gasteiger partial charge >= 0.3 is 0 Å². The molecule has 2 saturated heterocycles. The van der Waals surface area contributed by atoms with Crippen LogP contribution in [0.15, 0.2) is 133 Å². The molecule has 0 spiro atoms. The number of fused-ring (bicyclic) bond motifs is 3. The number of amides is 4. The van der Waals surface area contributed by atoms with Crippen molar-refractivity contribution in [3.8, 4) is 0 Å². The van der Waals surface area contributed by atoms with Gasteiger partial charge in [0.1, 0.15) is 0 Å². The lowest BCUT2D eigenvalue weighted by Crippen LogP contribution is -2.51. The number of anilines is 2. The van der Waals surface area contributed by atoms with Crippen LogP contribution in [0.25, 0.3) is 27.1 Å². The molecule has 4 amide bonds. The van der Waals surface area contributed by atoms with Crippen LogP contribution in [-0.2, 0) is 19.2 Å². The molecular weight excluding hydrogens is 596 g/mol. The van der Waals surface area contributed by atoms with E-state index < -0.39 is 23.7 Å². The monoisotopic (exact) mass is 626 g/mol. The average Bonchev–Trinajstić information content (AvgIpc) is 3.56. The van der Waals surface area contributed by atoms with Gasteiger partial charge in [0.2, 0.25) is 23.6 Å². The first kappa shape index (κ1) is 27.5. The molecular formula is C42H30N2O4. The van der Waals surface area contributed by atoms with Crippen LogP contribution in [-0.4, -0.2) is 23.6 Å². The molecule has 2 heterocycles. The highest BCUT2D eigenvalue weighted by atomic mass is 16.2. The number of carbonyl (C=O) groups excluding carboxylic acids is 4. The van der Waals surface area contributed by atoms with Crippen molar-refractivity contribution in [1.82, 2.24) is 0 Å². The van der Waals surface area contributed by atoms with Crippen LogP contribution in [0, 0.1) is 41.4 Å². The quantitative estimate of drug-likeness (QED) is 0.157. The zero-order valence-corrected chi connectivity index (χ0v) is 25.9. The molecule has 2 bridgehead atoms. The molecule has 6 nitrogen and oxygen atoms in total. The van der Waals surface area contributed by atoms with E-state index in [4.69, 9.17) is 0 Å². The highest BCUT2D eigenvalue weighted by Gasteiger charge is 2.67. The molecule has 11 rings (SSSR count). The fourth-order valence-corrected chi connectivity index (χ4v) is 9.66. The first-order valence-electron chi connectivity index (χ1n) is 16.7. The smallest absolute Gasteiger partial charge is 0.238 e. The van der Waals surface area contributed by atoms with Crippen molar-refractivity contribution in [1.29, 1.82) is 0 Å². The van der Waals surface area contributed by atoms with Crippen molar-refractivity contribution in [2.24, 2.45) is 41.4 Å². The fraction of sp³-hybridized carbons (Fsp3) is 0.190. The van der Waals surface area contributed by atoms with Gasteiger partial charge in [0.25, 0.3) is 0 Å². The van der Waals surface area contributed by atoms with E-state index in [1.807, 2.05) is 103 Å². The lowest BCUT2D eigenvalue weighted by atomic mass is 9.49. The summed E-state index contributed by atoms with van der Waals surface area (Å²) in [5, 5.41) is 3.99. The number of allylic oxidation sites excluding steroid dienone is 4. The fourth-order valence-electron chi connectivity index (χ4n) is 9.66. The third kappa shape index (κ3) is 3.63. The van der Waals surface area contributed by atoms with Crippen molar-refractivity contribution in [3.05, 3.63) is 139 Å². The molecule has 6 aliphatic rings. The Morgan fingerprint density at radius 3 is 1.67 bits per heavy atom. The number of benzene rings is 5. The summed E-state index contributed by atoms with van der Waals surface area (Å²) in [5.74, 6) is -4.19. The third-order valence-electron chi connectivity index (χ3n) is 11.6. The van der Waals surface area contributed by atoms with Gasteiger partial charge in [0.15, 0.2) is 0 Å². The van der Waals surface area contributed by atoms with E-state index in [0.717, 1.165) is 38.3 Å². The molecule has 4 aliphatic carbocycles. The summed E-state index contributed by atoms with van der Waals surface area (Å²) < 4.78 is 0. The molecule has 0 aromatic heterocycles. The lowest BCUT2D eigenvalue weighted by molar-refractivity contribution is -0.129. The van der Waals surface area contributed by atoms with Gasteiger partial charge in [-0.15, -0.1) is 0 Å². The van der Waals surface area contributed by atoms with E-state index >= 15 is 0 Å². The van der Waals surface area contributed by atoms with E-state index in [1.165, 1.54) is 9.80 Å². The summed E-state index contributed by atoms with van der Waals surface area (Å²) in [5.41, 5.74) is 4.24. The van der Waals surface area contributed by atoms with Gasteiger partial charge in [0.05, 0.1) is 35.0 Å². The Hall–Kier alpha value is -5.62. The van der Waals surface area contributed by atoms with Gasteiger partial charge in [0, 0.05) is 11.8 Å². The van der Waals surface area contributed by atoms with E-state index in [-0.39, 0.29) is 41.4 Å². The molecule has 5 aromatic rings. The summed E-state index contributed by atoms with van der Waals surface area (Å²) in [6.07, 6.45) is 4.58. The second-order valence-electron chi connectivity index (χ2n) is 13.8. The molecule has 232 valence electrons. The molecule has 0 radical (unpaired) electrons. The van der Waals surface area contributed by atoms with Gasteiger partial charge in [-0.25, -0.2) is 4.90 Å². The Morgan fingerprint density at radius 2 is 1.02 bits per heavy atom. The van der Waals surface area contributed by atoms with Gasteiger partial charge in [-0.05, 0) is 69.3 Å². The van der Waals surface area contributed by atoms with Crippen molar-refractivity contribution in [3.63, 3.8) is 0 Å². The maximum Gasteiger partial charge on any atom is 0.238 e. The van der Waals surface area contributed by atoms with Crippen LogP contribution in [0.4, 0.5) is 11.4 Å². The van der Waals surface area contributed by atoms with Crippen molar-refractivity contribution in [2.75, 3.05) is 9.80 Å². The zero-order valence-electron chi connectivity index (χ0n) is 25.9. The topological polar surface area (TPSA) is 74.8 Å². The lowest BCUT2D eigenvalue weighted by Gasteiger charge is -2.51. The highest BCUT2D eigenvalue weighted by molar-refractivity contribution is 6.25. The molecule has 0 unspecified atom stereocenters. The minimum Gasteiger partial charge on any atom is -0.274 e. The normalized spacial score (nSPS) is 28.9. The number of imide groups is 2. The molecule has 3 fully saturated rings. The van der Waals surface area contributed by atoms with Crippen LogP contribution in [0.3, 0.4) is 0 Å². The first-order valence-corrected chi connectivity index (χ1v) is 16.7. The Balaban J connectivity index is 1.11. The van der Waals surface area contributed by atoms with Gasteiger partial charge in [-0.1, -0.05) is 109 Å². The van der Waals surface area contributed by atoms with Crippen LogP contribution in [0.2, 0.25) is 0 Å². The summed E-state index contributed by atoms with van der Waals surface area (Å²) in [6, 6.07) is 37.3. The maximum atomic E-state index is 14.6. The number of carbonyl (C=O) groups is 4. The molecule has 7 atom stereocenters. The van der Waals surface area contributed by atoms with Gasteiger partial charge in [-0.3, -0.25) is 24.1 Å². The summed E-state index contributed by atoms with van der Waals surface area (Å²) >= 11 is 0. The number of nitrogens with zero attached hydrogens (tertiary/aromatic N) is 2. The minimum absolute atomic E-state index is 0.188. The second-order valence-corrected chi connectivity index (χ2v) is 13.8. The molecule has 6 heteroatoms. The van der Waals surface area contributed by atoms with E-state index in [0.29, 0.717) is 17.8 Å². The maximum absolute atomic E-state index is 14.6. The van der Waals surface area contributed by atoms with Crippen LogP contribution in [0.1, 0.15) is 12.0 Å². The third-order valence-corrected chi connectivity index (χ3v) is 11.6. The van der Waals surface area contributed by atoms with Gasteiger partial charge in [-0.2, -0.15) is 0 Å². The van der Waals surface area contributed by atoms with Crippen LogP contribution in [0.5, 0.6) is 0 Å². The van der Waals surface area contributed by atoms with Gasteiger partial charge < -0.3 is 0 Å². The minimum atomic E-state index is -0.609. The average molecular weight is 627 g/mol. The molecule has 0 N–H and O–H groups in total. The van der Waals surface area contributed by atoms with Crippen molar-refractivity contribution in [2.45, 2.75) is 6.42 Å². The summed E-state index contributed by atoms with van der Waals surface area (Å²) in [6.45, 7) is 0. The number of hydrogen-bond donors (Lipinski definition) is 0. The largest absolute Gasteiger partial charge is 0.274 e. The summed E-state index contributed by atoms with van der Waals surface area (Å²) in [7, 11) is 0. The van der Waals surface area contributed by atoms with Crippen LogP contribution < -0.4 is 9.80 Å². The molecule has 1 saturated carbocycles. The Morgan fingerprint density at radius 1 is 0.479 bits per heavy atom. The summed E-state index contributed by atoms with van der Waals surface area (Å²) in [4.78, 5) is 60.6. The Kier molecular flexibility index (Phi) is 5.69. The predicted molar refractivity (Wildman–Crippen MR) is 184 cm³/mol.